The van der Waals surface area contributed by atoms with Crippen molar-refractivity contribution >= 4 is 23.1 Å². The van der Waals surface area contributed by atoms with Crippen LogP contribution in [-0.2, 0) is 12.6 Å². The van der Waals surface area contributed by atoms with Crippen molar-refractivity contribution in [1.29, 1.82) is 0 Å². The summed E-state index contributed by atoms with van der Waals surface area (Å²) in [4.78, 5) is -0.616. The van der Waals surface area contributed by atoms with Crippen LogP contribution in [0.4, 0.5) is 13.2 Å². The Hall–Kier alpha value is -1.07. The van der Waals surface area contributed by atoms with Gasteiger partial charge in [-0.25, -0.2) is 0 Å². The van der Waals surface area contributed by atoms with Crippen molar-refractivity contribution in [2.45, 2.75) is 19.5 Å². The molecule has 0 spiro atoms. The van der Waals surface area contributed by atoms with Crippen LogP contribution in [0.1, 0.15) is 17.4 Å². The molecule has 0 bridgehead atoms. The zero-order valence-corrected chi connectivity index (χ0v) is 11.0. The number of hydrogen-bond donors (Lipinski definition) is 0. The molecule has 0 fully saturated rings. The van der Waals surface area contributed by atoms with Crippen LogP contribution in [0, 0.1) is 0 Å². The van der Waals surface area contributed by atoms with Crippen molar-refractivity contribution in [1.82, 2.24) is 4.37 Å². The van der Waals surface area contributed by atoms with E-state index in [0.29, 0.717) is 34.2 Å². The van der Waals surface area contributed by atoms with Crippen LogP contribution in [0.2, 0.25) is 5.02 Å². The summed E-state index contributed by atoms with van der Waals surface area (Å²) in [5, 5.41) is 0.545. The van der Waals surface area contributed by atoms with E-state index in [4.69, 9.17) is 11.6 Å². The molecular formula is C12H9ClF3NS. The lowest BCUT2D eigenvalue weighted by Crippen LogP contribution is -2.05. The minimum atomic E-state index is -4.34. The fourth-order valence-corrected chi connectivity index (χ4v) is 2.67. The van der Waals surface area contributed by atoms with E-state index in [1.807, 2.05) is 0 Å². The number of rotatable bonds is 2. The summed E-state index contributed by atoms with van der Waals surface area (Å²) >= 11 is 6.25. The smallest absolute Gasteiger partial charge is 0.192 e. The number of nitrogens with zero attached hydrogens (tertiary/aromatic N) is 1. The van der Waals surface area contributed by atoms with Gasteiger partial charge in [0.1, 0.15) is 4.88 Å². The number of alkyl halides is 3. The largest absolute Gasteiger partial charge is 0.427 e. The fourth-order valence-electron chi connectivity index (χ4n) is 1.69. The van der Waals surface area contributed by atoms with Gasteiger partial charge in [0, 0.05) is 16.1 Å². The predicted octanol–water partition coefficient (Wildman–Crippen LogP) is 5.04. The highest BCUT2D eigenvalue weighted by Gasteiger charge is 2.37. The molecule has 0 aliphatic carbocycles. The minimum Gasteiger partial charge on any atom is -0.192 e. The van der Waals surface area contributed by atoms with Crippen LogP contribution < -0.4 is 0 Å². The van der Waals surface area contributed by atoms with Gasteiger partial charge in [0.2, 0.25) is 0 Å². The number of hydrogen-bond acceptors (Lipinski definition) is 2. The highest BCUT2D eigenvalue weighted by molar-refractivity contribution is 7.06. The predicted molar refractivity (Wildman–Crippen MR) is 66.9 cm³/mol. The Bertz CT molecular complexity index is 545. The Morgan fingerprint density at radius 1 is 1.22 bits per heavy atom. The molecule has 0 aliphatic rings. The lowest BCUT2D eigenvalue weighted by Gasteiger charge is -2.06. The highest BCUT2D eigenvalue weighted by atomic mass is 35.5. The van der Waals surface area contributed by atoms with Crippen LogP contribution in [0.5, 0.6) is 0 Å². The molecule has 2 aromatic rings. The first-order valence-electron chi connectivity index (χ1n) is 5.25. The highest BCUT2D eigenvalue weighted by Crippen LogP contribution is 2.39. The summed E-state index contributed by atoms with van der Waals surface area (Å²) in [5.74, 6) is 0. The van der Waals surface area contributed by atoms with Crippen molar-refractivity contribution in [3.05, 3.63) is 39.7 Å². The molecule has 0 unspecified atom stereocenters. The van der Waals surface area contributed by atoms with E-state index in [1.54, 1.807) is 31.2 Å². The second kappa shape index (κ2) is 4.90. The molecule has 1 nitrogen and oxygen atoms in total. The maximum Gasteiger partial charge on any atom is 0.427 e. The van der Waals surface area contributed by atoms with Crippen LogP contribution in [-0.4, -0.2) is 4.37 Å². The third kappa shape index (κ3) is 2.52. The van der Waals surface area contributed by atoms with Gasteiger partial charge in [0.25, 0.3) is 0 Å². The molecule has 0 saturated heterocycles. The van der Waals surface area contributed by atoms with Gasteiger partial charge >= 0.3 is 6.18 Å². The lowest BCUT2D eigenvalue weighted by atomic mass is 10.0. The van der Waals surface area contributed by atoms with E-state index in [1.165, 1.54) is 0 Å². The third-order valence-electron chi connectivity index (χ3n) is 2.52. The molecule has 0 amide bonds. The van der Waals surface area contributed by atoms with E-state index in [2.05, 4.69) is 4.37 Å². The van der Waals surface area contributed by atoms with E-state index in [9.17, 15) is 13.2 Å². The van der Waals surface area contributed by atoms with Gasteiger partial charge in [-0.3, -0.25) is 0 Å². The molecule has 0 radical (unpaired) electrons. The standard InChI is InChI=1S/C12H9ClF3NS/c1-2-9-10(7-3-5-8(13)6-4-7)17-18-11(9)12(14,15)16/h3-6H,2H2,1H3. The third-order valence-corrected chi connectivity index (χ3v) is 3.70. The zero-order valence-electron chi connectivity index (χ0n) is 9.38. The average Bonchev–Trinajstić information content (AvgIpc) is 2.73. The second-order valence-corrected chi connectivity index (χ2v) is 4.91. The number of aromatic nitrogens is 1. The van der Waals surface area contributed by atoms with Gasteiger partial charge in [-0.1, -0.05) is 30.7 Å². The molecular weight excluding hydrogens is 283 g/mol. The van der Waals surface area contributed by atoms with Crippen LogP contribution >= 0.6 is 23.1 Å². The van der Waals surface area contributed by atoms with Gasteiger partial charge in [0.15, 0.2) is 0 Å². The van der Waals surface area contributed by atoms with Gasteiger partial charge < -0.3 is 0 Å². The molecule has 0 saturated carbocycles. The molecule has 2 rings (SSSR count). The topological polar surface area (TPSA) is 12.9 Å². The van der Waals surface area contributed by atoms with Crippen LogP contribution in [0.25, 0.3) is 11.3 Å². The molecule has 18 heavy (non-hydrogen) atoms. The Balaban J connectivity index is 2.52. The van der Waals surface area contributed by atoms with Crippen molar-refractivity contribution < 1.29 is 13.2 Å². The lowest BCUT2D eigenvalue weighted by molar-refractivity contribution is -0.134. The maximum absolute atomic E-state index is 12.8. The Kier molecular flexibility index (Phi) is 3.64. The average molecular weight is 292 g/mol. The Morgan fingerprint density at radius 3 is 2.33 bits per heavy atom. The number of benzene rings is 1. The van der Waals surface area contributed by atoms with Crippen LogP contribution in [0.3, 0.4) is 0 Å². The van der Waals surface area contributed by atoms with E-state index < -0.39 is 11.1 Å². The molecule has 6 heteroatoms. The van der Waals surface area contributed by atoms with Crippen molar-refractivity contribution in [3.63, 3.8) is 0 Å². The summed E-state index contributed by atoms with van der Waals surface area (Å²) in [7, 11) is 0. The van der Waals surface area contributed by atoms with Gasteiger partial charge in [0.05, 0.1) is 5.69 Å². The molecule has 0 aliphatic heterocycles. The summed E-state index contributed by atoms with van der Waals surface area (Å²) in [6, 6.07) is 6.64. The number of halogens is 4. The first-order chi connectivity index (χ1) is 8.43. The van der Waals surface area contributed by atoms with Gasteiger partial charge in [-0.05, 0) is 30.1 Å². The quantitative estimate of drug-likeness (QED) is 0.755. The van der Waals surface area contributed by atoms with Gasteiger partial charge in [-0.15, -0.1) is 0 Å². The summed E-state index contributed by atoms with van der Waals surface area (Å²) in [5.41, 5.74) is 1.30. The first-order valence-corrected chi connectivity index (χ1v) is 6.40. The SMILES string of the molecule is CCc1c(-c2ccc(Cl)cc2)nsc1C(F)(F)F. The first kappa shape index (κ1) is 13.4. The van der Waals surface area contributed by atoms with Crippen molar-refractivity contribution in [2.24, 2.45) is 0 Å². The minimum absolute atomic E-state index is 0.245. The molecule has 1 aromatic carbocycles. The van der Waals surface area contributed by atoms with E-state index in [-0.39, 0.29) is 5.56 Å². The molecule has 96 valence electrons. The normalized spacial score (nSPS) is 11.8. The molecule has 0 N–H and O–H groups in total. The zero-order chi connectivity index (χ0) is 13.3. The van der Waals surface area contributed by atoms with E-state index >= 15 is 0 Å². The van der Waals surface area contributed by atoms with Crippen molar-refractivity contribution in [3.8, 4) is 11.3 Å². The summed E-state index contributed by atoms with van der Waals surface area (Å²) in [6.07, 6.45) is -4.04. The maximum atomic E-state index is 12.8. The summed E-state index contributed by atoms with van der Waals surface area (Å²) < 4.78 is 42.3. The molecule has 0 atom stereocenters. The molecule has 1 heterocycles. The fraction of sp³-hybridized carbons (Fsp3) is 0.250. The monoisotopic (exact) mass is 291 g/mol. The van der Waals surface area contributed by atoms with Gasteiger partial charge in [-0.2, -0.15) is 17.5 Å². The summed E-state index contributed by atoms with van der Waals surface area (Å²) in [6.45, 7) is 1.69. The second-order valence-electron chi connectivity index (χ2n) is 3.70. The Labute approximate surface area is 111 Å². The van der Waals surface area contributed by atoms with Crippen LogP contribution in [0.15, 0.2) is 24.3 Å². The van der Waals surface area contributed by atoms with E-state index in [0.717, 1.165) is 0 Å². The molecule has 1 aromatic heterocycles. The Morgan fingerprint density at radius 2 is 1.83 bits per heavy atom. The van der Waals surface area contributed by atoms with Crippen molar-refractivity contribution in [2.75, 3.05) is 0 Å².